The Kier molecular flexibility index (Phi) is 5.54. The van der Waals surface area contributed by atoms with E-state index in [9.17, 15) is 13.2 Å². The topological polar surface area (TPSA) is 114 Å². The molecule has 124 valence electrons. The number of sulfonamides is 1. The third-order valence-electron chi connectivity index (χ3n) is 3.14. The van der Waals surface area contributed by atoms with Crippen molar-refractivity contribution >= 4 is 15.9 Å². The maximum atomic E-state index is 11.9. The molecule has 4 N–H and O–H groups in total. The summed E-state index contributed by atoms with van der Waals surface area (Å²) in [6, 6.07) is 7.91. The lowest BCUT2D eigenvalue weighted by Crippen LogP contribution is -2.24. The fourth-order valence-corrected chi connectivity index (χ4v) is 2.99. The van der Waals surface area contributed by atoms with Gasteiger partial charge in [-0.05, 0) is 23.8 Å². The van der Waals surface area contributed by atoms with Crippen LogP contribution in [0.15, 0.2) is 45.9 Å². The van der Waals surface area contributed by atoms with Gasteiger partial charge in [-0.1, -0.05) is 19.1 Å². The first-order valence-electron chi connectivity index (χ1n) is 7.10. The van der Waals surface area contributed by atoms with E-state index in [1.54, 1.807) is 25.1 Å². The summed E-state index contributed by atoms with van der Waals surface area (Å²) in [7, 11) is -3.46. The molecule has 1 aromatic carbocycles. The largest absolute Gasteiger partial charge is 0.467 e. The molecular weight excluding hydrogens is 318 g/mol. The van der Waals surface area contributed by atoms with E-state index in [4.69, 9.17) is 10.2 Å². The number of benzene rings is 1. The van der Waals surface area contributed by atoms with Crippen molar-refractivity contribution in [2.24, 2.45) is 5.73 Å². The van der Waals surface area contributed by atoms with Crippen molar-refractivity contribution in [1.29, 1.82) is 0 Å². The first-order chi connectivity index (χ1) is 11.0. The van der Waals surface area contributed by atoms with Gasteiger partial charge in [-0.25, -0.2) is 13.1 Å². The molecule has 0 aliphatic carbocycles. The van der Waals surface area contributed by atoms with Crippen molar-refractivity contribution in [3.8, 4) is 0 Å². The highest BCUT2D eigenvalue weighted by molar-refractivity contribution is 7.89. The number of rotatable bonds is 7. The van der Waals surface area contributed by atoms with Crippen LogP contribution in [0, 0.1) is 0 Å². The number of nitrogens with one attached hydrogen (secondary N) is 2. The molecule has 0 bridgehead atoms. The number of hydrogen-bond donors (Lipinski definition) is 3. The molecule has 1 heterocycles. The number of carbonyl (C=O) groups excluding carboxylic acids is 1. The molecule has 23 heavy (non-hydrogen) atoms. The Hall–Kier alpha value is -2.16. The summed E-state index contributed by atoms with van der Waals surface area (Å²) in [5, 5.41) is 2.73. The minimum Gasteiger partial charge on any atom is -0.467 e. The van der Waals surface area contributed by atoms with Crippen LogP contribution in [0.5, 0.6) is 0 Å². The molecule has 2 rings (SSSR count). The quantitative estimate of drug-likeness (QED) is 0.696. The van der Waals surface area contributed by atoms with Crippen LogP contribution in [-0.2, 0) is 23.1 Å². The SMILES string of the molecule is CCNS(=O)(=O)c1ccc(CNC(=O)c2coc(CN)c2)cc1. The predicted octanol–water partition coefficient (Wildman–Crippen LogP) is 0.966. The van der Waals surface area contributed by atoms with E-state index < -0.39 is 10.0 Å². The van der Waals surface area contributed by atoms with Crippen LogP contribution in [0.4, 0.5) is 0 Å². The van der Waals surface area contributed by atoms with E-state index in [1.165, 1.54) is 18.4 Å². The molecule has 8 heteroatoms. The summed E-state index contributed by atoms with van der Waals surface area (Å²) in [6.07, 6.45) is 1.35. The van der Waals surface area contributed by atoms with Crippen molar-refractivity contribution in [3.63, 3.8) is 0 Å². The number of hydrogen-bond acceptors (Lipinski definition) is 5. The standard InChI is InChI=1S/C15H19N3O4S/c1-2-18-23(20,21)14-5-3-11(4-6-14)9-17-15(19)12-7-13(8-16)22-10-12/h3-7,10,18H,2,8-9,16H2,1H3,(H,17,19). The van der Waals surface area contributed by atoms with Gasteiger partial charge in [0.1, 0.15) is 12.0 Å². The second-order valence-electron chi connectivity index (χ2n) is 4.83. The van der Waals surface area contributed by atoms with Crippen molar-refractivity contribution in [2.75, 3.05) is 6.54 Å². The summed E-state index contributed by atoms with van der Waals surface area (Å²) in [5.74, 6) is 0.255. The van der Waals surface area contributed by atoms with Crippen LogP contribution in [0.2, 0.25) is 0 Å². The molecule has 1 aromatic heterocycles. The van der Waals surface area contributed by atoms with Gasteiger partial charge in [0.15, 0.2) is 0 Å². The molecular formula is C15H19N3O4S. The van der Waals surface area contributed by atoms with E-state index in [-0.39, 0.29) is 23.9 Å². The van der Waals surface area contributed by atoms with E-state index in [0.717, 1.165) is 5.56 Å². The van der Waals surface area contributed by atoms with Gasteiger partial charge in [-0.3, -0.25) is 4.79 Å². The molecule has 0 atom stereocenters. The van der Waals surface area contributed by atoms with Crippen molar-refractivity contribution < 1.29 is 17.6 Å². The predicted molar refractivity (Wildman–Crippen MR) is 85.1 cm³/mol. The molecule has 2 aromatic rings. The molecule has 0 saturated carbocycles. The average molecular weight is 337 g/mol. The number of amides is 1. The fourth-order valence-electron chi connectivity index (χ4n) is 1.95. The summed E-state index contributed by atoms with van der Waals surface area (Å²) in [5.41, 5.74) is 6.61. The smallest absolute Gasteiger partial charge is 0.254 e. The number of carbonyl (C=O) groups is 1. The van der Waals surface area contributed by atoms with Gasteiger partial charge < -0.3 is 15.5 Å². The molecule has 1 amide bonds. The molecule has 0 spiro atoms. The highest BCUT2D eigenvalue weighted by Gasteiger charge is 2.12. The Morgan fingerprint density at radius 1 is 1.26 bits per heavy atom. The van der Waals surface area contributed by atoms with Gasteiger partial charge in [0, 0.05) is 13.1 Å². The summed E-state index contributed by atoms with van der Waals surface area (Å²) in [4.78, 5) is 12.1. The fraction of sp³-hybridized carbons (Fsp3) is 0.267. The van der Waals surface area contributed by atoms with Gasteiger partial charge in [0.2, 0.25) is 10.0 Å². The Morgan fingerprint density at radius 2 is 1.96 bits per heavy atom. The molecule has 0 aliphatic rings. The van der Waals surface area contributed by atoms with E-state index >= 15 is 0 Å². The van der Waals surface area contributed by atoms with E-state index in [2.05, 4.69) is 10.0 Å². The third-order valence-corrected chi connectivity index (χ3v) is 4.70. The van der Waals surface area contributed by atoms with Crippen LogP contribution in [-0.4, -0.2) is 20.9 Å². The van der Waals surface area contributed by atoms with Crippen LogP contribution >= 0.6 is 0 Å². The lowest BCUT2D eigenvalue weighted by molar-refractivity contribution is 0.0950. The Labute approximate surface area is 134 Å². The lowest BCUT2D eigenvalue weighted by Gasteiger charge is -2.07. The van der Waals surface area contributed by atoms with Crippen LogP contribution in [0.25, 0.3) is 0 Å². The van der Waals surface area contributed by atoms with Crippen LogP contribution in [0.1, 0.15) is 28.6 Å². The minimum atomic E-state index is -3.46. The monoisotopic (exact) mass is 337 g/mol. The zero-order valence-corrected chi connectivity index (χ0v) is 13.5. The van der Waals surface area contributed by atoms with E-state index in [0.29, 0.717) is 17.9 Å². The van der Waals surface area contributed by atoms with Crippen molar-refractivity contribution in [2.45, 2.75) is 24.9 Å². The Bertz CT molecular complexity index is 766. The average Bonchev–Trinajstić information content (AvgIpc) is 3.02. The zero-order valence-electron chi connectivity index (χ0n) is 12.7. The summed E-state index contributed by atoms with van der Waals surface area (Å²) >= 11 is 0. The summed E-state index contributed by atoms with van der Waals surface area (Å²) < 4.78 is 31.2. The Balaban J connectivity index is 1.97. The van der Waals surface area contributed by atoms with Crippen molar-refractivity contribution in [1.82, 2.24) is 10.0 Å². The molecule has 0 unspecified atom stereocenters. The minimum absolute atomic E-state index is 0.192. The molecule has 0 radical (unpaired) electrons. The maximum Gasteiger partial charge on any atom is 0.254 e. The molecule has 0 fully saturated rings. The van der Waals surface area contributed by atoms with Gasteiger partial charge in [0.25, 0.3) is 5.91 Å². The van der Waals surface area contributed by atoms with Gasteiger partial charge >= 0.3 is 0 Å². The second-order valence-corrected chi connectivity index (χ2v) is 6.60. The van der Waals surface area contributed by atoms with Crippen LogP contribution in [0.3, 0.4) is 0 Å². The number of nitrogens with two attached hydrogens (primary N) is 1. The maximum absolute atomic E-state index is 11.9. The zero-order chi connectivity index (χ0) is 16.9. The lowest BCUT2D eigenvalue weighted by atomic mass is 10.2. The van der Waals surface area contributed by atoms with Gasteiger partial charge in [-0.15, -0.1) is 0 Å². The van der Waals surface area contributed by atoms with E-state index in [1.807, 2.05) is 0 Å². The van der Waals surface area contributed by atoms with Crippen molar-refractivity contribution in [3.05, 3.63) is 53.5 Å². The second kappa shape index (κ2) is 7.40. The number of furan rings is 1. The third kappa shape index (κ3) is 4.41. The van der Waals surface area contributed by atoms with Gasteiger partial charge in [-0.2, -0.15) is 0 Å². The Morgan fingerprint density at radius 3 is 2.52 bits per heavy atom. The highest BCUT2D eigenvalue weighted by Crippen LogP contribution is 2.11. The highest BCUT2D eigenvalue weighted by atomic mass is 32.2. The first-order valence-corrected chi connectivity index (χ1v) is 8.59. The molecule has 0 aliphatic heterocycles. The van der Waals surface area contributed by atoms with Crippen LogP contribution < -0.4 is 15.8 Å². The molecule has 7 nitrogen and oxygen atoms in total. The molecule has 0 saturated heterocycles. The summed E-state index contributed by atoms with van der Waals surface area (Å²) in [6.45, 7) is 2.56. The normalized spacial score (nSPS) is 11.4. The van der Waals surface area contributed by atoms with Gasteiger partial charge in [0.05, 0.1) is 17.0 Å². The first kappa shape index (κ1) is 17.2.